The van der Waals surface area contributed by atoms with E-state index in [9.17, 15) is 0 Å². The maximum atomic E-state index is 6.00. The summed E-state index contributed by atoms with van der Waals surface area (Å²) in [7, 11) is 0. The second-order valence-electron chi connectivity index (χ2n) is 4.53. The van der Waals surface area contributed by atoms with Crippen LogP contribution in [-0.2, 0) is 9.47 Å². The molecule has 0 aliphatic carbocycles. The molecule has 0 saturated carbocycles. The van der Waals surface area contributed by atoms with Gasteiger partial charge in [-0.05, 0) is 27.2 Å². The molecule has 3 heteroatoms. The van der Waals surface area contributed by atoms with E-state index >= 15 is 0 Å². The van der Waals surface area contributed by atoms with E-state index in [1.165, 1.54) is 19.3 Å². The first-order chi connectivity index (χ1) is 7.02. The molecule has 3 atom stereocenters. The minimum atomic E-state index is -0.395. The lowest BCUT2D eigenvalue weighted by Crippen LogP contribution is -2.39. The third kappa shape index (κ3) is 3.18. The van der Waals surface area contributed by atoms with Crippen LogP contribution < -0.4 is 0 Å². The summed E-state index contributed by atoms with van der Waals surface area (Å²) < 4.78 is 12.0. The highest BCUT2D eigenvalue weighted by atomic mass is 79.9. The molecule has 0 bridgehead atoms. The van der Waals surface area contributed by atoms with Crippen molar-refractivity contribution in [3.05, 3.63) is 0 Å². The normalized spacial score (nSPS) is 31.8. The Morgan fingerprint density at radius 1 is 1.20 bits per heavy atom. The van der Waals surface area contributed by atoms with Crippen LogP contribution in [0, 0.1) is 0 Å². The number of alkyl halides is 1. The molecule has 1 rings (SSSR count). The first-order valence-corrected chi connectivity index (χ1v) is 6.93. The summed E-state index contributed by atoms with van der Waals surface area (Å²) in [4.78, 5) is 0.245. The first kappa shape index (κ1) is 13.5. The summed E-state index contributed by atoms with van der Waals surface area (Å²) in [6.07, 6.45) is 5.04. The summed E-state index contributed by atoms with van der Waals surface area (Å²) in [5, 5.41) is 0. The topological polar surface area (TPSA) is 18.5 Å². The van der Waals surface area contributed by atoms with Gasteiger partial charge in [-0.1, -0.05) is 35.7 Å². The van der Waals surface area contributed by atoms with E-state index in [-0.39, 0.29) is 17.0 Å². The number of rotatable bonds is 5. The van der Waals surface area contributed by atoms with Crippen LogP contribution in [-0.4, -0.2) is 22.8 Å². The fourth-order valence-electron chi connectivity index (χ4n) is 1.97. The third-order valence-electron chi connectivity index (χ3n) is 3.17. The quantitative estimate of drug-likeness (QED) is 0.562. The lowest BCUT2D eigenvalue weighted by molar-refractivity contribution is -0.174. The zero-order chi connectivity index (χ0) is 11.5. The van der Waals surface area contributed by atoms with Gasteiger partial charge in [0.1, 0.15) is 0 Å². The van der Waals surface area contributed by atoms with Crippen molar-refractivity contribution in [1.82, 2.24) is 0 Å². The van der Waals surface area contributed by atoms with Crippen molar-refractivity contribution in [2.45, 2.75) is 76.2 Å². The molecule has 0 aromatic rings. The van der Waals surface area contributed by atoms with Gasteiger partial charge in [0.15, 0.2) is 5.79 Å². The highest BCUT2D eigenvalue weighted by Crippen LogP contribution is 2.38. The molecule has 90 valence electrons. The van der Waals surface area contributed by atoms with Crippen molar-refractivity contribution in [3.8, 4) is 0 Å². The zero-order valence-corrected chi connectivity index (χ0v) is 11.8. The number of ether oxygens (including phenoxy) is 2. The van der Waals surface area contributed by atoms with Gasteiger partial charge in [0.05, 0.1) is 17.0 Å². The number of hydrogen-bond donors (Lipinski definition) is 0. The van der Waals surface area contributed by atoms with Gasteiger partial charge in [-0.3, -0.25) is 0 Å². The minimum Gasteiger partial charge on any atom is -0.343 e. The molecule has 0 N–H and O–H groups in total. The van der Waals surface area contributed by atoms with Gasteiger partial charge in [-0.15, -0.1) is 0 Å². The molecule has 1 aliphatic heterocycles. The van der Waals surface area contributed by atoms with Crippen LogP contribution in [0.25, 0.3) is 0 Å². The van der Waals surface area contributed by atoms with Crippen LogP contribution in [0.3, 0.4) is 0 Å². The molecule has 15 heavy (non-hydrogen) atoms. The van der Waals surface area contributed by atoms with Gasteiger partial charge in [-0.25, -0.2) is 0 Å². The summed E-state index contributed by atoms with van der Waals surface area (Å²) in [6.45, 7) is 8.49. The van der Waals surface area contributed by atoms with Gasteiger partial charge in [0.25, 0.3) is 0 Å². The van der Waals surface area contributed by atoms with E-state index in [1.807, 2.05) is 0 Å². The van der Waals surface area contributed by atoms with E-state index in [4.69, 9.17) is 9.47 Å². The Hall–Kier alpha value is 0.400. The number of unbranched alkanes of at least 4 members (excludes halogenated alkanes) is 2. The molecule has 0 aromatic heterocycles. The summed E-state index contributed by atoms with van der Waals surface area (Å²) in [6, 6.07) is 0. The van der Waals surface area contributed by atoms with Crippen LogP contribution in [0.15, 0.2) is 0 Å². The molecule has 1 heterocycles. The van der Waals surface area contributed by atoms with Gasteiger partial charge in [0.2, 0.25) is 0 Å². The van der Waals surface area contributed by atoms with Crippen LogP contribution in [0.5, 0.6) is 0 Å². The fourth-order valence-corrected chi connectivity index (χ4v) is 2.42. The Labute approximate surface area is 102 Å². The first-order valence-electron chi connectivity index (χ1n) is 6.01. The van der Waals surface area contributed by atoms with Crippen molar-refractivity contribution in [3.63, 3.8) is 0 Å². The standard InChI is InChI=1S/C12H23BrO2/c1-5-6-7-8-12(11(4)13)14-9(2)10(3)15-12/h9-11H,5-8H2,1-4H3/t9-,10-,11?/m1/s1. The Bertz CT molecular complexity index is 184. The van der Waals surface area contributed by atoms with Crippen molar-refractivity contribution >= 4 is 15.9 Å². The summed E-state index contributed by atoms with van der Waals surface area (Å²) in [5.41, 5.74) is 0. The van der Waals surface area contributed by atoms with Gasteiger partial charge in [0, 0.05) is 6.42 Å². The van der Waals surface area contributed by atoms with Crippen molar-refractivity contribution in [2.24, 2.45) is 0 Å². The minimum absolute atomic E-state index is 0.201. The maximum Gasteiger partial charge on any atom is 0.181 e. The van der Waals surface area contributed by atoms with Crippen LogP contribution in [0.1, 0.15) is 53.4 Å². The highest BCUT2D eigenvalue weighted by molar-refractivity contribution is 9.09. The van der Waals surface area contributed by atoms with Crippen molar-refractivity contribution < 1.29 is 9.47 Å². The lowest BCUT2D eigenvalue weighted by atomic mass is 10.1. The summed E-state index contributed by atoms with van der Waals surface area (Å²) in [5.74, 6) is -0.395. The van der Waals surface area contributed by atoms with Gasteiger partial charge < -0.3 is 9.47 Å². The number of halogens is 1. The molecule has 1 unspecified atom stereocenters. The maximum absolute atomic E-state index is 6.00. The van der Waals surface area contributed by atoms with Crippen LogP contribution >= 0.6 is 15.9 Å². The molecule has 1 saturated heterocycles. The number of hydrogen-bond acceptors (Lipinski definition) is 2. The molecule has 0 aromatic carbocycles. The van der Waals surface area contributed by atoms with E-state index in [0.717, 1.165) is 6.42 Å². The fraction of sp³-hybridized carbons (Fsp3) is 1.00. The van der Waals surface area contributed by atoms with Gasteiger partial charge >= 0.3 is 0 Å². The molecule has 1 fully saturated rings. The molecule has 1 aliphatic rings. The summed E-state index contributed by atoms with van der Waals surface area (Å²) >= 11 is 3.62. The lowest BCUT2D eigenvalue weighted by Gasteiger charge is -2.31. The van der Waals surface area contributed by atoms with Gasteiger partial charge in [-0.2, -0.15) is 0 Å². The van der Waals surface area contributed by atoms with Crippen LogP contribution in [0.4, 0.5) is 0 Å². The van der Waals surface area contributed by atoms with E-state index in [0.29, 0.717) is 0 Å². The molecule has 0 amide bonds. The second kappa shape index (κ2) is 5.65. The molecular weight excluding hydrogens is 256 g/mol. The highest BCUT2D eigenvalue weighted by Gasteiger charge is 2.46. The smallest absolute Gasteiger partial charge is 0.181 e. The largest absolute Gasteiger partial charge is 0.343 e. The van der Waals surface area contributed by atoms with E-state index < -0.39 is 5.79 Å². The Kier molecular flexibility index (Phi) is 5.07. The predicted octanol–water partition coefficient (Wildman–Crippen LogP) is 3.87. The van der Waals surface area contributed by atoms with Crippen molar-refractivity contribution in [2.75, 3.05) is 0 Å². The predicted molar refractivity (Wildman–Crippen MR) is 66.4 cm³/mol. The molecular formula is C12H23BrO2. The molecule has 0 spiro atoms. The zero-order valence-electron chi connectivity index (χ0n) is 10.3. The van der Waals surface area contributed by atoms with Crippen molar-refractivity contribution in [1.29, 1.82) is 0 Å². The average Bonchev–Trinajstić information content (AvgIpc) is 2.44. The SMILES string of the molecule is CCCCCC1(C(C)Br)O[C@H](C)[C@@H](C)O1. The monoisotopic (exact) mass is 278 g/mol. The Morgan fingerprint density at radius 2 is 1.73 bits per heavy atom. The second-order valence-corrected chi connectivity index (χ2v) is 5.90. The molecule has 2 nitrogen and oxygen atoms in total. The Morgan fingerprint density at radius 3 is 2.13 bits per heavy atom. The van der Waals surface area contributed by atoms with Crippen LogP contribution in [0.2, 0.25) is 0 Å². The van der Waals surface area contributed by atoms with E-state index in [2.05, 4.69) is 43.6 Å². The van der Waals surface area contributed by atoms with E-state index in [1.54, 1.807) is 0 Å². The Balaban J connectivity index is 2.56. The average molecular weight is 279 g/mol. The molecule has 0 radical (unpaired) electrons. The third-order valence-corrected chi connectivity index (χ3v) is 3.86.